The third-order valence-corrected chi connectivity index (χ3v) is 4.81. The summed E-state index contributed by atoms with van der Waals surface area (Å²) >= 11 is 0. The highest BCUT2D eigenvalue weighted by Crippen LogP contribution is 2.30. The van der Waals surface area contributed by atoms with Crippen molar-refractivity contribution in [2.75, 3.05) is 6.61 Å². The molecule has 0 saturated heterocycles. The summed E-state index contributed by atoms with van der Waals surface area (Å²) in [5, 5.41) is 19.6. The first-order valence-corrected chi connectivity index (χ1v) is 9.85. The van der Waals surface area contributed by atoms with Crippen molar-refractivity contribution in [1.29, 1.82) is 0 Å². The van der Waals surface area contributed by atoms with Crippen molar-refractivity contribution in [1.82, 2.24) is 0 Å². The Morgan fingerprint density at radius 3 is 2.57 bits per heavy atom. The van der Waals surface area contributed by atoms with Crippen LogP contribution in [0.4, 0.5) is 0 Å². The molecule has 0 aliphatic carbocycles. The largest absolute Gasteiger partial charge is 0.504 e. The highest BCUT2D eigenvalue weighted by atomic mass is 16.5. The molecule has 5 nitrogen and oxygen atoms in total. The van der Waals surface area contributed by atoms with Crippen LogP contribution in [0.15, 0.2) is 75.2 Å². The van der Waals surface area contributed by atoms with Gasteiger partial charge in [-0.2, -0.15) is 0 Å². The molecule has 2 aromatic carbocycles. The molecule has 0 amide bonds. The van der Waals surface area contributed by atoms with Crippen LogP contribution >= 0.6 is 0 Å². The van der Waals surface area contributed by atoms with E-state index in [-0.39, 0.29) is 16.9 Å². The molecule has 0 saturated carbocycles. The van der Waals surface area contributed by atoms with Gasteiger partial charge >= 0.3 is 0 Å². The molecule has 1 heterocycles. The highest BCUT2D eigenvalue weighted by Gasteiger charge is 2.12. The van der Waals surface area contributed by atoms with E-state index in [1.165, 1.54) is 29.5 Å². The number of aromatic hydroxyl groups is 2. The van der Waals surface area contributed by atoms with Crippen molar-refractivity contribution in [3.8, 4) is 28.4 Å². The van der Waals surface area contributed by atoms with Gasteiger partial charge in [0.15, 0.2) is 16.9 Å². The van der Waals surface area contributed by atoms with Crippen molar-refractivity contribution >= 4 is 11.0 Å². The number of fused-ring (bicyclic) bond motifs is 1. The van der Waals surface area contributed by atoms with Gasteiger partial charge in [-0.05, 0) is 69.5 Å². The maximum absolute atomic E-state index is 12.8. The number of benzene rings is 2. The lowest BCUT2D eigenvalue weighted by molar-refractivity contribution is 0.361. The standard InChI is InChI=1S/C25H26O5/c1-16(2)5-4-6-17(3)11-12-29-19-8-9-20-24(14-19)30-15-21(25(20)28)18-7-10-22(26)23(27)13-18/h5,7-11,13-15,26-27H,4,6,12H2,1-3H3/b17-11+. The maximum atomic E-state index is 12.8. The van der Waals surface area contributed by atoms with Gasteiger partial charge in [-0.25, -0.2) is 0 Å². The molecule has 30 heavy (non-hydrogen) atoms. The minimum Gasteiger partial charge on any atom is -0.504 e. The monoisotopic (exact) mass is 406 g/mol. The molecule has 0 spiro atoms. The van der Waals surface area contributed by atoms with E-state index in [9.17, 15) is 15.0 Å². The Kier molecular flexibility index (Phi) is 6.62. The van der Waals surface area contributed by atoms with Crippen LogP contribution in [0.1, 0.15) is 33.6 Å². The summed E-state index contributed by atoms with van der Waals surface area (Å²) in [5.74, 6) is 0.0842. The molecule has 0 fully saturated rings. The quantitative estimate of drug-likeness (QED) is 0.375. The van der Waals surface area contributed by atoms with Gasteiger partial charge in [-0.15, -0.1) is 0 Å². The van der Waals surface area contributed by atoms with Gasteiger partial charge in [0.2, 0.25) is 0 Å². The number of hydrogen-bond donors (Lipinski definition) is 2. The lowest BCUT2D eigenvalue weighted by Gasteiger charge is -2.07. The van der Waals surface area contributed by atoms with Gasteiger partial charge in [-0.1, -0.05) is 23.3 Å². The number of ether oxygens (including phenoxy) is 1. The van der Waals surface area contributed by atoms with E-state index in [1.807, 2.05) is 0 Å². The molecule has 3 rings (SSSR count). The molecule has 1 aromatic heterocycles. The zero-order chi connectivity index (χ0) is 21.7. The fourth-order valence-electron chi connectivity index (χ4n) is 3.06. The molecular formula is C25H26O5. The van der Waals surface area contributed by atoms with E-state index < -0.39 is 0 Å². The zero-order valence-corrected chi connectivity index (χ0v) is 17.4. The van der Waals surface area contributed by atoms with Crippen molar-refractivity contribution in [3.63, 3.8) is 0 Å². The maximum Gasteiger partial charge on any atom is 0.200 e. The second-order valence-electron chi connectivity index (χ2n) is 7.52. The Balaban J connectivity index is 1.75. The first kappa shape index (κ1) is 21.2. The van der Waals surface area contributed by atoms with E-state index in [0.29, 0.717) is 34.5 Å². The third kappa shape index (κ3) is 5.11. The average molecular weight is 406 g/mol. The van der Waals surface area contributed by atoms with Crippen molar-refractivity contribution < 1.29 is 19.4 Å². The minimum atomic E-state index is -0.292. The number of allylic oxidation sites excluding steroid dienone is 3. The van der Waals surface area contributed by atoms with E-state index >= 15 is 0 Å². The molecule has 156 valence electrons. The van der Waals surface area contributed by atoms with Gasteiger partial charge in [0.25, 0.3) is 0 Å². The van der Waals surface area contributed by atoms with E-state index in [1.54, 1.807) is 24.3 Å². The fraction of sp³-hybridized carbons (Fsp3) is 0.240. The van der Waals surface area contributed by atoms with Gasteiger partial charge in [0.1, 0.15) is 24.2 Å². The minimum absolute atomic E-state index is 0.220. The second-order valence-corrected chi connectivity index (χ2v) is 7.52. The summed E-state index contributed by atoms with van der Waals surface area (Å²) in [7, 11) is 0. The van der Waals surface area contributed by atoms with Crippen molar-refractivity contribution in [3.05, 3.63) is 76.2 Å². The molecule has 0 aliphatic rings. The fourth-order valence-corrected chi connectivity index (χ4v) is 3.06. The Bertz CT molecular complexity index is 1160. The molecule has 0 bridgehead atoms. The number of phenolic OH excluding ortho intramolecular Hbond substituents is 2. The third-order valence-electron chi connectivity index (χ3n) is 4.81. The highest BCUT2D eigenvalue weighted by molar-refractivity contribution is 5.83. The number of rotatable bonds is 7. The smallest absolute Gasteiger partial charge is 0.200 e. The molecule has 5 heteroatoms. The second kappa shape index (κ2) is 9.35. The Hall–Kier alpha value is -3.47. The SMILES string of the molecule is CC(C)=CCC/C(C)=C/COc1ccc2c(=O)c(-c3ccc(O)c(O)c3)coc2c1. The zero-order valence-electron chi connectivity index (χ0n) is 17.4. The molecular weight excluding hydrogens is 380 g/mol. The Morgan fingerprint density at radius 2 is 1.83 bits per heavy atom. The van der Waals surface area contributed by atoms with Crippen LogP contribution in [-0.2, 0) is 0 Å². The van der Waals surface area contributed by atoms with Crippen LogP contribution in [0.3, 0.4) is 0 Å². The predicted octanol–water partition coefficient (Wildman–Crippen LogP) is 5.94. The van der Waals surface area contributed by atoms with Crippen LogP contribution in [0, 0.1) is 0 Å². The van der Waals surface area contributed by atoms with Crippen LogP contribution in [-0.4, -0.2) is 16.8 Å². The number of hydrogen-bond acceptors (Lipinski definition) is 5. The number of phenols is 2. The van der Waals surface area contributed by atoms with Crippen LogP contribution in [0.25, 0.3) is 22.1 Å². The van der Waals surface area contributed by atoms with Gasteiger partial charge in [0.05, 0.1) is 10.9 Å². The van der Waals surface area contributed by atoms with Crippen LogP contribution in [0.5, 0.6) is 17.2 Å². The summed E-state index contributed by atoms with van der Waals surface area (Å²) in [6, 6.07) is 9.32. The van der Waals surface area contributed by atoms with E-state index in [4.69, 9.17) is 9.15 Å². The van der Waals surface area contributed by atoms with E-state index in [0.717, 1.165) is 12.8 Å². The summed E-state index contributed by atoms with van der Waals surface area (Å²) in [5.41, 5.74) is 3.57. The molecule has 0 radical (unpaired) electrons. The van der Waals surface area contributed by atoms with Gasteiger partial charge in [0, 0.05) is 6.07 Å². The first-order valence-electron chi connectivity index (χ1n) is 9.85. The molecule has 0 unspecified atom stereocenters. The van der Waals surface area contributed by atoms with Crippen LogP contribution < -0.4 is 10.2 Å². The van der Waals surface area contributed by atoms with Crippen LogP contribution in [0.2, 0.25) is 0 Å². The normalized spacial score (nSPS) is 11.5. The summed E-state index contributed by atoms with van der Waals surface area (Å²) in [6.45, 7) is 6.72. The van der Waals surface area contributed by atoms with Crippen molar-refractivity contribution in [2.24, 2.45) is 0 Å². The predicted molar refractivity (Wildman–Crippen MR) is 119 cm³/mol. The molecule has 0 atom stereocenters. The summed E-state index contributed by atoms with van der Waals surface area (Å²) < 4.78 is 11.4. The molecule has 0 aliphatic heterocycles. The first-order chi connectivity index (χ1) is 14.3. The summed E-state index contributed by atoms with van der Waals surface area (Å²) in [4.78, 5) is 12.8. The van der Waals surface area contributed by atoms with Gasteiger partial charge in [-0.3, -0.25) is 4.79 Å². The lowest BCUT2D eigenvalue weighted by Crippen LogP contribution is -2.05. The van der Waals surface area contributed by atoms with Crippen molar-refractivity contribution in [2.45, 2.75) is 33.6 Å². The van der Waals surface area contributed by atoms with Gasteiger partial charge < -0.3 is 19.4 Å². The van der Waals surface area contributed by atoms with E-state index in [2.05, 4.69) is 32.9 Å². The molecule has 2 N–H and O–H groups in total. The topological polar surface area (TPSA) is 79.9 Å². The average Bonchev–Trinajstić information content (AvgIpc) is 2.70. The Labute approximate surface area is 175 Å². The summed E-state index contributed by atoms with van der Waals surface area (Å²) in [6.07, 6.45) is 7.65. The Morgan fingerprint density at radius 1 is 1.03 bits per heavy atom. The lowest BCUT2D eigenvalue weighted by atomic mass is 10.0. The molecule has 3 aromatic rings.